The zero-order valence-electron chi connectivity index (χ0n) is 14.2. The van der Waals surface area contributed by atoms with Gasteiger partial charge in [-0.2, -0.15) is 0 Å². The number of aromatic hydroxyl groups is 1. The zero-order valence-corrected chi connectivity index (χ0v) is 14.2. The largest absolute Gasteiger partial charge is 0.508 e. The van der Waals surface area contributed by atoms with Gasteiger partial charge in [-0.1, -0.05) is 36.4 Å². The Kier molecular flexibility index (Phi) is 5.03. The van der Waals surface area contributed by atoms with Crippen LogP contribution >= 0.6 is 0 Å². The number of hydrogen-bond acceptors (Lipinski definition) is 3. The van der Waals surface area contributed by atoms with Crippen molar-refractivity contribution in [2.45, 2.75) is 25.8 Å². The van der Waals surface area contributed by atoms with Crippen molar-refractivity contribution >= 4 is 11.8 Å². The number of carbonyl (C=O) groups is 2. The molecule has 2 aromatic rings. The van der Waals surface area contributed by atoms with E-state index in [1.165, 1.54) is 0 Å². The molecular formula is C20H22N2O3. The molecule has 2 aromatic carbocycles. The first-order valence-corrected chi connectivity index (χ1v) is 8.47. The number of phenols is 1. The summed E-state index contributed by atoms with van der Waals surface area (Å²) in [4.78, 5) is 26.9. The average molecular weight is 338 g/mol. The molecule has 3 rings (SSSR count). The Labute approximate surface area is 147 Å². The zero-order chi connectivity index (χ0) is 17.8. The van der Waals surface area contributed by atoms with Gasteiger partial charge in [-0.3, -0.25) is 9.59 Å². The van der Waals surface area contributed by atoms with Gasteiger partial charge in [-0.15, -0.1) is 0 Å². The third kappa shape index (κ3) is 3.82. The minimum atomic E-state index is -0.567. The summed E-state index contributed by atoms with van der Waals surface area (Å²) in [6.07, 6.45) is 0.915. The Morgan fingerprint density at radius 2 is 1.92 bits per heavy atom. The molecule has 1 fully saturated rings. The summed E-state index contributed by atoms with van der Waals surface area (Å²) in [5.41, 5.74) is 2.86. The predicted molar refractivity (Wildman–Crippen MR) is 95.1 cm³/mol. The minimum Gasteiger partial charge on any atom is -0.508 e. The maximum atomic E-state index is 12.8. The number of rotatable bonds is 4. The second kappa shape index (κ2) is 7.38. The lowest BCUT2D eigenvalue weighted by atomic mass is 9.97. The van der Waals surface area contributed by atoms with Crippen LogP contribution < -0.4 is 5.32 Å². The molecular weight excluding hydrogens is 316 g/mol. The second-order valence-corrected chi connectivity index (χ2v) is 6.30. The SMILES string of the molecule is Cc1ccccc1[C@@H]1C(=O)NCCN1C(=O)CCc1ccc(O)cc1. The van der Waals surface area contributed by atoms with Gasteiger partial charge >= 0.3 is 0 Å². The maximum absolute atomic E-state index is 12.8. The summed E-state index contributed by atoms with van der Waals surface area (Å²) in [7, 11) is 0. The molecule has 2 N–H and O–H groups in total. The van der Waals surface area contributed by atoms with Crippen LogP contribution in [0.15, 0.2) is 48.5 Å². The van der Waals surface area contributed by atoms with Crippen LogP contribution in [0.4, 0.5) is 0 Å². The first kappa shape index (κ1) is 17.0. The fraction of sp³-hybridized carbons (Fsp3) is 0.300. The monoisotopic (exact) mass is 338 g/mol. The smallest absolute Gasteiger partial charge is 0.247 e. The standard InChI is InChI=1S/C20H22N2O3/c1-14-4-2-3-5-17(14)19-20(25)21-12-13-22(19)18(24)11-8-15-6-9-16(23)10-7-15/h2-7,9-10,19,23H,8,11-13H2,1H3,(H,21,25)/t19-/m1/s1. The fourth-order valence-electron chi connectivity index (χ4n) is 3.20. The summed E-state index contributed by atoms with van der Waals surface area (Å²) >= 11 is 0. The molecule has 0 unspecified atom stereocenters. The highest BCUT2D eigenvalue weighted by molar-refractivity contribution is 5.90. The molecule has 0 aromatic heterocycles. The number of amides is 2. The molecule has 0 radical (unpaired) electrons. The van der Waals surface area contributed by atoms with Crippen LogP contribution in [0.3, 0.4) is 0 Å². The molecule has 2 amide bonds. The van der Waals surface area contributed by atoms with E-state index in [2.05, 4.69) is 5.32 Å². The number of nitrogens with zero attached hydrogens (tertiary/aromatic N) is 1. The Balaban J connectivity index is 1.76. The second-order valence-electron chi connectivity index (χ2n) is 6.30. The highest BCUT2D eigenvalue weighted by Crippen LogP contribution is 2.27. The van der Waals surface area contributed by atoms with E-state index in [0.717, 1.165) is 16.7 Å². The summed E-state index contributed by atoms with van der Waals surface area (Å²) in [6, 6.07) is 14.0. The summed E-state index contributed by atoms with van der Waals surface area (Å²) in [6.45, 7) is 2.95. The van der Waals surface area contributed by atoms with Gasteiger partial charge in [-0.25, -0.2) is 0 Å². The topological polar surface area (TPSA) is 69.6 Å². The van der Waals surface area contributed by atoms with E-state index >= 15 is 0 Å². The lowest BCUT2D eigenvalue weighted by molar-refractivity contribution is -0.143. The third-order valence-electron chi connectivity index (χ3n) is 4.58. The highest BCUT2D eigenvalue weighted by Gasteiger charge is 2.34. The van der Waals surface area contributed by atoms with Crippen molar-refractivity contribution in [2.75, 3.05) is 13.1 Å². The van der Waals surface area contributed by atoms with Gasteiger partial charge in [0, 0.05) is 19.5 Å². The van der Waals surface area contributed by atoms with Crippen molar-refractivity contribution in [1.29, 1.82) is 0 Å². The molecule has 1 aliphatic heterocycles. The number of aryl methyl sites for hydroxylation is 2. The third-order valence-corrected chi connectivity index (χ3v) is 4.58. The molecule has 5 nitrogen and oxygen atoms in total. The number of piperazine rings is 1. The van der Waals surface area contributed by atoms with Crippen molar-refractivity contribution < 1.29 is 14.7 Å². The molecule has 0 aliphatic carbocycles. The van der Waals surface area contributed by atoms with Gasteiger partial charge in [-0.05, 0) is 42.2 Å². The quantitative estimate of drug-likeness (QED) is 0.899. The Bertz CT molecular complexity index is 771. The fourth-order valence-corrected chi connectivity index (χ4v) is 3.20. The molecule has 1 atom stereocenters. The van der Waals surface area contributed by atoms with E-state index in [-0.39, 0.29) is 17.6 Å². The van der Waals surface area contributed by atoms with E-state index in [9.17, 15) is 14.7 Å². The first-order chi connectivity index (χ1) is 12.1. The number of nitrogens with one attached hydrogen (secondary N) is 1. The van der Waals surface area contributed by atoms with E-state index < -0.39 is 6.04 Å². The number of phenolic OH excluding ortho intramolecular Hbond substituents is 1. The van der Waals surface area contributed by atoms with Crippen molar-refractivity contribution in [3.63, 3.8) is 0 Å². The lowest BCUT2D eigenvalue weighted by Crippen LogP contribution is -2.52. The van der Waals surface area contributed by atoms with Crippen molar-refractivity contribution in [3.05, 3.63) is 65.2 Å². The van der Waals surface area contributed by atoms with Crippen molar-refractivity contribution in [3.8, 4) is 5.75 Å². The molecule has 1 heterocycles. The van der Waals surface area contributed by atoms with Gasteiger partial charge in [0.2, 0.25) is 11.8 Å². The van der Waals surface area contributed by atoms with Crippen LogP contribution in [-0.4, -0.2) is 34.9 Å². The molecule has 0 bridgehead atoms. The van der Waals surface area contributed by atoms with Gasteiger partial charge < -0.3 is 15.3 Å². The van der Waals surface area contributed by atoms with Crippen LogP contribution in [0.2, 0.25) is 0 Å². The van der Waals surface area contributed by atoms with Crippen LogP contribution in [0, 0.1) is 6.92 Å². The Morgan fingerprint density at radius 3 is 2.64 bits per heavy atom. The molecule has 0 spiro atoms. The summed E-state index contributed by atoms with van der Waals surface area (Å²) in [5, 5.41) is 12.2. The number of hydrogen-bond donors (Lipinski definition) is 2. The Morgan fingerprint density at radius 1 is 1.20 bits per heavy atom. The van der Waals surface area contributed by atoms with Crippen LogP contribution in [-0.2, 0) is 16.0 Å². The van der Waals surface area contributed by atoms with Crippen molar-refractivity contribution in [1.82, 2.24) is 10.2 Å². The molecule has 5 heteroatoms. The van der Waals surface area contributed by atoms with Gasteiger partial charge in [0.05, 0.1) is 0 Å². The summed E-state index contributed by atoms with van der Waals surface area (Å²) < 4.78 is 0. The van der Waals surface area contributed by atoms with Crippen LogP contribution in [0.1, 0.15) is 29.2 Å². The maximum Gasteiger partial charge on any atom is 0.247 e. The van der Waals surface area contributed by atoms with Crippen LogP contribution in [0.5, 0.6) is 5.75 Å². The summed E-state index contributed by atoms with van der Waals surface area (Å²) in [5.74, 6) is 0.0529. The molecule has 1 saturated heterocycles. The molecule has 130 valence electrons. The first-order valence-electron chi connectivity index (χ1n) is 8.47. The predicted octanol–water partition coefficient (Wildman–Crippen LogP) is 2.33. The molecule has 25 heavy (non-hydrogen) atoms. The van der Waals surface area contributed by atoms with Crippen molar-refractivity contribution in [2.24, 2.45) is 0 Å². The highest BCUT2D eigenvalue weighted by atomic mass is 16.3. The van der Waals surface area contributed by atoms with E-state index in [0.29, 0.717) is 25.9 Å². The van der Waals surface area contributed by atoms with Gasteiger partial charge in [0.25, 0.3) is 0 Å². The lowest BCUT2D eigenvalue weighted by Gasteiger charge is -2.36. The van der Waals surface area contributed by atoms with E-state index in [1.807, 2.05) is 43.3 Å². The average Bonchev–Trinajstić information content (AvgIpc) is 2.61. The van der Waals surface area contributed by atoms with E-state index in [4.69, 9.17) is 0 Å². The Hall–Kier alpha value is -2.82. The number of carbonyl (C=O) groups excluding carboxylic acids is 2. The normalized spacial score (nSPS) is 17.2. The van der Waals surface area contributed by atoms with Crippen LogP contribution in [0.25, 0.3) is 0 Å². The molecule has 1 aliphatic rings. The minimum absolute atomic E-state index is 0.0313. The van der Waals surface area contributed by atoms with Gasteiger partial charge in [0.15, 0.2) is 0 Å². The van der Waals surface area contributed by atoms with Gasteiger partial charge in [0.1, 0.15) is 11.8 Å². The van der Waals surface area contributed by atoms with E-state index in [1.54, 1.807) is 17.0 Å². The molecule has 0 saturated carbocycles. The number of benzene rings is 2.